The average Bonchev–Trinajstić information content (AvgIpc) is 3.41. The zero-order valence-corrected chi connectivity index (χ0v) is 16.0. The molecule has 0 spiro atoms. The van der Waals surface area contributed by atoms with Crippen LogP contribution in [-0.4, -0.2) is 46.9 Å². The Kier molecular flexibility index (Phi) is 4.27. The average molecular weight is 388 g/mol. The number of aryl methyl sites for hydroxylation is 1. The summed E-state index contributed by atoms with van der Waals surface area (Å²) < 4.78 is 3.33. The number of anilines is 1. The third-order valence-corrected chi connectivity index (χ3v) is 5.25. The van der Waals surface area contributed by atoms with Crippen LogP contribution in [0.2, 0.25) is 0 Å². The highest BCUT2D eigenvalue weighted by molar-refractivity contribution is 5.89. The molecule has 1 atom stereocenters. The van der Waals surface area contributed by atoms with E-state index in [4.69, 9.17) is 4.98 Å². The molecule has 0 radical (unpaired) electrons. The van der Waals surface area contributed by atoms with Crippen molar-refractivity contribution >= 4 is 16.7 Å². The molecule has 0 bridgehead atoms. The van der Waals surface area contributed by atoms with E-state index in [2.05, 4.69) is 25.0 Å². The summed E-state index contributed by atoms with van der Waals surface area (Å²) in [5.41, 5.74) is 0.715. The second kappa shape index (κ2) is 7.08. The Morgan fingerprint density at radius 2 is 2.07 bits per heavy atom. The van der Waals surface area contributed by atoms with Crippen molar-refractivity contribution in [3.8, 4) is 5.82 Å². The van der Waals surface area contributed by atoms with Crippen LogP contribution < -0.4 is 10.5 Å². The molecule has 146 valence electrons. The van der Waals surface area contributed by atoms with E-state index in [-0.39, 0.29) is 11.6 Å². The fraction of sp³-hybridized carbons (Fsp3) is 0.300. The van der Waals surface area contributed by atoms with Gasteiger partial charge in [0.25, 0.3) is 5.56 Å². The van der Waals surface area contributed by atoms with E-state index in [1.54, 1.807) is 41.6 Å². The summed E-state index contributed by atoms with van der Waals surface area (Å²) >= 11 is 0. The fourth-order valence-electron chi connectivity index (χ4n) is 3.90. The highest BCUT2D eigenvalue weighted by Crippen LogP contribution is 2.30. The smallest absolute Gasteiger partial charge is 0.266 e. The van der Waals surface area contributed by atoms with Crippen molar-refractivity contribution in [2.75, 3.05) is 11.4 Å². The molecule has 5 rings (SSSR count). The zero-order valence-electron chi connectivity index (χ0n) is 16.0. The summed E-state index contributed by atoms with van der Waals surface area (Å²) in [6.45, 7) is 3.27. The van der Waals surface area contributed by atoms with Crippen molar-refractivity contribution in [3.63, 3.8) is 0 Å². The van der Waals surface area contributed by atoms with Gasteiger partial charge in [-0.05, 0) is 31.9 Å². The van der Waals surface area contributed by atoms with Gasteiger partial charge in [-0.3, -0.25) is 14.3 Å². The van der Waals surface area contributed by atoms with Crippen molar-refractivity contribution in [2.45, 2.75) is 32.4 Å². The minimum absolute atomic E-state index is 0.117. The molecule has 29 heavy (non-hydrogen) atoms. The number of imidazole rings is 1. The molecule has 0 saturated carbocycles. The van der Waals surface area contributed by atoms with Gasteiger partial charge in [-0.15, -0.1) is 0 Å². The fourth-order valence-corrected chi connectivity index (χ4v) is 3.90. The Balaban J connectivity index is 1.50. The van der Waals surface area contributed by atoms with Crippen LogP contribution in [0, 0.1) is 6.92 Å². The highest BCUT2D eigenvalue weighted by Gasteiger charge is 2.28. The van der Waals surface area contributed by atoms with Crippen molar-refractivity contribution in [3.05, 3.63) is 65.5 Å². The SMILES string of the molecule is Cc1nc(N2CCCC2Cn2nc(-n3ccnc3)ccc2=O)c2ccncc2n1. The third kappa shape index (κ3) is 3.24. The molecule has 0 N–H and O–H groups in total. The minimum Gasteiger partial charge on any atom is -0.351 e. The summed E-state index contributed by atoms with van der Waals surface area (Å²) in [7, 11) is 0. The van der Waals surface area contributed by atoms with Crippen LogP contribution in [0.4, 0.5) is 5.82 Å². The lowest BCUT2D eigenvalue weighted by molar-refractivity contribution is 0.484. The largest absolute Gasteiger partial charge is 0.351 e. The summed E-state index contributed by atoms with van der Waals surface area (Å²) in [6, 6.07) is 5.34. The summed E-state index contributed by atoms with van der Waals surface area (Å²) in [4.78, 5) is 32.2. The normalized spacial score (nSPS) is 16.6. The van der Waals surface area contributed by atoms with Crippen LogP contribution in [0.3, 0.4) is 0 Å². The lowest BCUT2D eigenvalue weighted by Crippen LogP contribution is -2.38. The molecule has 9 nitrogen and oxygen atoms in total. The number of pyridine rings is 1. The molecule has 1 aliphatic heterocycles. The first-order valence-electron chi connectivity index (χ1n) is 9.60. The van der Waals surface area contributed by atoms with E-state index in [1.165, 1.54) is 4.68 Å². The molecule has 0 aromatic carbocycles. The molecule has 4 aromatic rings. The second-order valence-electron chi connectivity index (χ2n) is 7.16. The maximum atomic E-state index is 12.5. The molecular weight excluding hydrogens is 368 g/mol. The number of nitrogens with zero attached hydrogens (tertiary/aromatic N) is 8. The van der Waals surface area contributed by atoms with E-state index in [0.29, 0.717) is 18.2 Å². The molecule has 4 aromatic heterocycles. The topological polar surface area (TPSA) is 94.6 Å². The highest BCUT2D eigenvalue weighted by atomic mass is 16.1. The predicted molar refractivity (Wildman–Crippen MR) is 108 cm³/mol. The third-order valence-electron chi connectivity index (χ3n) is 5.25. The van der Waals surface area contributed by atoms with Gasteiger partial charge in [0.2, 0.25) is 0 Å². The van der Waals surface area contributed by atoms with Gasteiger partial charge in [0, 0.05) is 36.6 Å². The van der Waals surface area contributed by atoms with Crippen LogP contribution in [0.5, 0.6) is 0 Å². The minimum atomic E-state index is -0.117. The number of rotatable bonds is 4. The van der Waals surface area contributed by atoms with Gasteiger partial charge >= 0.3 is 0 Å². The molecule has 0 amide bonds. The van der Waals surface area contributed by atoms with Crippen LogP contribution in [0.25, 0.3) is 16.7 Å². The van der Waals surface area contributed by atoms with E-state index < -0.39 is 0 Å². The van der Waals surface area contributed by atoms with Gasteiger partial charge in [0.15, 0.2) is 5.82 Å². The van der Waals surface area contributed by atoms with E-state index in [9.17, 15) is 4.79 Å². The molecule has 0 aliphatic carbocycles. The van der Waals surface area contributed by atoms with Gasteiger partial charge in [0.1, 0.15) is 18.0 Å². The van der Waals surface area contributed by atoms with Crippen LogP contribution in [0.15, 0.2) is 54.1 Å². The Labute approximate surface area is 166 Å². The number of fused-ring (bicyclic) bond motifs is 1. The van der Waals surface area contributed by atoms with Gasteiger partial charge in [-0.2, -0.15) is 5.10 Å². The Morgan fingerprint density at radius 1 is 1.14 bits per heavy atom. The lowest BCUT2D eigenvalue weighted by Gasteiger charge is -2.27. The first-order chi connectivity index (χ1) is 14.2. The predicted octanol–water partition coefficient (Wildman–Crippen LogP) is 1.74. The molecule has 1 unspecified atom stereocenters. The monoisotopic (exact) mass is 388 g/mol. The summed E-state index contributed by atoms with van der Waals surface area (Å²) in [6.07, 6.45) is 10.7. The number of hydrogen-bond donors (Lipinski definition) is 0. The van der Waals surface area contributed by atoms with Gasteiger partial charge in [-0.1, -0.05) is 0 Å². The summed E-state index contributed by atoms with van der Waals surface area (Å²) in [5.74, 6) is 2.28. The van der Waals surface area contributed by atoms with Crippen molar-refractivity contribution in [1.29, 1.82) is 0 Å². The van der Waals surface area contributed by atoms with Gasteiger partial charge in [-0.25, -0.2) is 19.6 Å². The van der Waals surface area contributed by atoms with Crippen LogP contribution in [-0.2, 0) is 6.54 Å². The Hall–Kier alpha value is -3.62. The number of hydrogen-bond acceptors (Lipinski definition) is 7. The van der Waals surface area contributed by atoms with Gasteiger partial charge in [0.05, 0.1) is 24.3 Å². The van der Waals surface area contributed by atoms with E-state index in [1.807, 2.05) is 19.2 Å². The van der Waals surface area contributed by atoms with E-state index >= 15 is 0 Å². The molecular formula is C20H20N8O. The molecule has 1 saturated heterocycles. The Bertz CT molecular complexity index is 1220. The number of aromatic nitrogens is 7. The van der Waals surface area contributed by atoms with Crippen molar-refractivity contribution in [1.82, 2.24) is 34.3 Å². The van der Waals surface area contributed by atoms with E-state index in [0.717, 1.165) is 36.1 Å². The maximum Gasteiger partial charge on any atom is 0.266 e. The molecule has 1 fully saturated rings. The molecule has 1 aliphatic rings. The molecule has 9 heteroatoms. The standard InChI is InChI=1S/C20H20N8O/c1-14-23-17-11-21-7-6-16(17)20(24-14)27-9-2-3-15(27)12-28-19(29)5-4-18(25-28)26-10-8-22-13-26/h4-8,10-11,13,15H,2-3,9,12H2,1H3. The first-order valence-corrected chi connectivity index (χ1v) is 9.60. The van der Waals surface area contributed by atoms with Crippen LogP contribution in [0.1, 0.15) is 18.7 Å². The van der Waals surface area contributed by atoms with Gasteiger partial charge < -0.3 is 4.90 Å². The van der Waals surface area contributed by atoms with Crippen molar-refractivity contribution < 1.29 is 0 Å². The summed E-state index contributed by atoms with van der Waals surface area (Å²) in [5, 5.41) is 5.52. The first kappa shape index (κ1) is 17.5. The quantitative estimate of drug-likeness (QED) is 0.525. The van der Waals surface area contributed by atoms with Crippen molar-refractivity contribution in [2.24, 2.45) is 0 Å². The Morgan fingerprint density at radius 3 is 2.93 bits per heavy atom. The molecule has 5 heterocycles. The maximum absolute atomic E-state index is 12.5. The zero-order chi connectivity index (χ0) is 19.8. The second-order valence-corrected chi connectivity index (χ2v) is 7.16. The lowest BCUT2D eigenvalue weighted by atomic mass is 10.2. The van der Waals surface area contributed by atoms with Crippen LogP contribution >= 0.6 is 0 Å².